The number of ether oxygens (including phenoxy) is 2. The van der Waals surface area contributed by atoms with Crippen molar-refractivity contribution in [2.75, 3.05) is 6.61 Å². The molecular formula is C29H48O3. The first-order valence-electron chi connectivity index (χ1n) is 13.7. The Kier molecular flexibility index (Phi) is 13.7. The van der Waals surface area contributed by atoms with Crippen LogP contribution in [0.25, 0.3) is 0 Å². The van der Waals surface area contributed by atoms with Crippen LogP contribution in [0.3, 0.4) is 0 Å². The van der Waals surface area contributed by atoms with Crippen molar-refractivity contribution in [3.8, 4) is 5.75 Å². The lowest BCUT2D eigenvalue weighted by Crippen LogP contribution is -2.52. The maximum absolute atomic E-state index is 13.0. The highest BCUT2D eigenvalue weighted by atomic mass is 16.6. The normalized spacial score (nSPS) is 17.8. The number of hydrogen-bond acceptors (Lipinski definition) is 3. The Bertz CT molecular complexity index is 621. The Morgan fingerprint density at radius 3 is 1.91 bits per heavy atom. The molecule has 1 unspecified atom stereocenters. The molecule has 182 valence electrons. The van der Waals surface area contributed by atoms with Crippen LogP contribution in [0, 0.1) is 0 Å². The van der Waals surface area contributed by atoms with Crippen LogP contribution in [0.2, 0.25) is 0 Å². The molecule has 0 N–H and O–H groups in total. The van der Waals surface area contributed by atoms with E-state index in [1.807, 2.05) is 18.2 Å². The molecule has 1 heterocycles. The van der Waals surface area contributed by atoms with Crippen molar-refractivity contribution in [3.63, 3.8) is 0 Å². The number of esters is 1. The van der Waals surface area contributed by atoms with Crippen molar-refractivity contribution in [1.82, 2.24) is 0 Å². The molecule has 1 aliphatic rings. The molecular weight excluding hydrogens is 396 g/mol. The first-order valence-corrected chi connectivity index (χ1v) is 13.7. The van der Waals surface area contributed by atoms with Crippen molar-refractivity contribution < 1.29 is 14.3 Å². The third kappa shape index (κ3) is 9.65. The largest absolute Gasteiger partial charge is 0.424 e. The molecule has 0 spiro atoms. The second kappa shape index (κ2) is 16.3. The quantitative estimate of drug-likeness (QED) is 0.122. The summed E-state index contributed by atoms with van der Waals surface area (Å²) >= 11 is 0. The van der Waals surface area contributed by atoms with Gasteiger partial charge in [0.1, 0.15) is 5.75 Å². The average Bonchev–Trinajstić information content (AvgIpc) is 2.77. The van der Waals surface area contributed by atoms with E-state index >= 15 is 0 Å². The molecule has 0 aliphatic carbocycles. The zero-order valence-electron chi connectivity index (χ0n) is 21.0. The molecule has 1 saturated heterocycles. The van der Waals surface area contributed by atoms with Gasteiger partial charge in [-0.2, -0.15) is 0 Å². The number of rotatable bonds is 19. The van der Waals surface area contributed by atoms with E-state index in [0.717, 1.165) is 43.4 Å². The fraction of sp³-hybridized carbons (Fsp3) is 0.759. The second-order valence-electron chi connectivity index (χ2n) is 9.69. The number of carbonyl (C=O) groups excluding carboxylic acids is 1. The minimum absolute atomic E-state index is 0.182. The summed E-state index contributed by atoms with van der Waals surface area (Å²) in [5, 5.41) is 0. The number of benzene rings is 1. The third-order valence-electron chi connectivity index (χ3n) is 6.92. The van der Waals surface area contributed by atoms with Gasteiger partial charge in [-0.3, -0.25) is 0 Å². The monoisotopic (exact) mass is 444 g/mol. The summed E-state index contributed by atoms with van der Waals surface area (Å²) in [5.41, 5.74) is 0.449. The molecule has 32 heavy (non-hydrogen) atoms. The van der Waals surface area contributed by atoms with E-state index < -0.39 is 5.60 Å². The molecule has 0 aromatic heterocycles. The lowest BCUT2D eigenvalue weighted by molar-refractivity contribution is -0.193. The zero-order chi connectivity index (χ0) is 22.9. The predicted octanol–water partition coefficient (Wildman–Crippen LogP) is 8.58. The standard InChI is InChI=1S/C29H48O3/c1-3-5-7-9-11-13-15-19-23-29(24-25-31-29)28(30)32-27-22-18-17-21-26(27)20-16-14-12-10-8-6-4-2/h17-18,21-22H,3-16,19-20,23-25H2,1-2H3. The van der Waals surface area contributed by atoms with E-state index in [0.29, 0.717) is 6.61 Å². The van der Waals surface area contributed by atoms with Crippen LogP contribution in [0.5, 0.6) is 5.75 Å². The first-order chi connectivity index (χ1) is 15.7. The van der Waals surface area contributed by atoms with Crippen LogP contribution < -0.4 is 4.74 Å². The Morgan fingerprint density at radius 1 is 0.812 bits per heavy atom. The molecule has 3 heteroatoms. The van der Waals surface area contributed by atoms with Crippen molar-refractivity contribution >= 4 is 5.97 Å². The van der Waals surface area contributed by atoms with Crippen LogP contribution in [0.15, 0.2) is 24.3 Å². The molecule has 1 fully saturated rings. The lowest BCUT2D eigenvalue weighted by Gasteiger charge is -2.39. The lowest BCUT2D eigenvalue weighted by atomic mass is 9.88. The van der Waals surface area contributed by atoms with E-state index in [1.165, 1.54) is 83.5 Å². The smallest absolute Gasteiger partial charge is 0.343 e. The van der Waals surface area contributed by atoms with Crippen LogP contribution in [-0.2, 0) is 16.0 Å². The number of carbonyl (C=O) groups is 1. The molecule has 1 aliphatic heterocycles. The molecule has 1 atom stereocenters. The van der Waals surface area contributed by atoms with Gasteiger partial charge < -0.3 is 9.47 Å². The molecule has 1 aromatic rings. The summed E-state index contributed by atoms with van der Waals surface area (Å²) in [6, 6.07) is 8.05. The van der Waals surface area contributed by atoms with E-state index in [1.54, 1.807) is 0 Å². The summed E-state index contributed by atoms with van der Waals surface area (Å²) in [6.07, 6.45) is 21.7. The van der Waals surface area contributed by atoms with Crippen molar-refractivity contribution in [1.29, 1.82) is 0 Å². The van der Waals surface area contributed by atoms with Crippen LogP contribution in [-0.4, -0.2) is 18.2 Å². The Labute approximate surface area is 197 Å². The predicted molar refractivity (Wildman–Crippen MR) is 134 cm³/mol. The van der Waals surface area contributed by atoms with Crippen molar-refractivity contribution in [2.24, 2.45) is 0 Å². The van der Waals surface area contributed by atoms with Gasteiger partial charge in [-0.15, -0.1) is 0 Å². The fourth-order valence-corrected chi connectivity index (χ4v) is 4.63. The fourth-order valence-electron chi connectivity index (χ4n) is 4.63. The van der Waals surface area contributed by atoms with Gasteiger partial charge in [0.15, 0.2) is 5.60 Å². The van der Waals surface area contributed by atoms with E-state index in [9.17, 15) is 4.79 Å². The molecule has 1 aromatic carbocycles. The minimum Gasteiger partial charge on any atom is -0.424 e. The Hall–Kier alpha value is -1.35. The van der Waals surface area contributed by atoms with E-state index in [-0.39, 0.29) is 5.97 Å². The number of para-hydroxylation sites is 1. The molecule has 0 bridgehead atoms. The highest BCUT2D eigenvalue weighted by Crippen LogP contribution is 2.35. The second-order valence-corrected chi connectivity index (χ2v) is 9.69. The minimum atomic E-state index is -0.700. The maximum atomic E-state index is 13.0. The number of hydrogen-bond donors (Lipinski definition) is 0. The third-order valence-corrected chi connectivity index (χ3v) is 6.92. The molecule has 3 nitrogen and oxygen atoms in total. The SMILES string of the molecule is CCCCCCCCCCC1(C(=O)Oc2ccccc2CCCCCCCCC)CCO1. The first kappa shape index (κ1) is 26.9. The molecule has 2 rings (SSSR count). The van der Waals surface area contributed by atoms with Crippen LogP contribution >= 0.6 is 0 Å². The number of aryl methyl sites for hydroxylation is 1. The summed E-state index contributed by atoms with van der Waals surface area (Å²) in [7, 11) is 0. The van der Waals surface area contributed by atoms with Gasteiger partial charge in [0, 0.05) is 6.42 Å². The molecule has 0 radical (unpaired) electrons. The van der Waals surface area contributed by atoms with Gasteiger partial charge in [-0.25, -0.2) is 4.79 Å². The van der Waals surface area contributed by atoms with Crippen LogP contribution in [0.1, 0.15) is 129 Å². The van der Waals surface area contributed by atoms with Gasteiger partial charge >= 0.3 is 5.97 Å². The van der Waals surface area contributed by atoms with Gasteiger partial charge in [0.05, 0.1) is 6.61 Å². The van der Waals surface area contributed by atoms with Gasteiger partial charge in [-0.05, 0) is 37.3 Å². The van der Waals surface area contributed by atoms with E-state index in [2.05, 4.69) is 19.9 Å². The molecule has 0 amide bonds. The number of unbranched alkanes of at least 4 members (excludes halogenated alkanes) is 13. The van der Waals surface area contributed by atoms with Gasteiger partial charge in [-0.1, -0.05) is 116 Å². The Balaban J connectivity index is 1.73. The highest BCUT2D eigenvalue weighted by Gasteiger charge is 2.47. The average molecular weight is 445 g/mol. The van der Waals surface area contributed by atoms with Crippen molar-refractivity contribution in [2.45, 2.75) is 135 Å². The Morgan fingerprint density at radius 2 is 1.34 bits per heavy atom. The van der Waals surface area contributed by atoms with Gasteiger partial charge in [0.2, 0.25) is 0 Å². The maximum Gasteiger partial charge on any atom is 0.343 e. The topological polar surface area (TPSA) is 35.5 Å². The summed E-state index contributed by atoms with van der Waals surface area (Å²) < 4.78 is 11.7. The van der Waals surface area contributed by atoms with Crippen LogP contribution in [0.4, 0.5) is 0 Å². The summed E-state index contributed by atoms with van der Waals surface area (Å²) in [5.74, 6) is 0.549. The molecule has 0 saturated carbocycles. The summed E-state index contributed by atoms with van der Waals surface area (Å²) in [4.78, 5) is 13.0. The van der Waals surface area contributed by atoms with Gasteiger partial charge in [0.25, 0.3) is 0 Å². The van der Waals surface area contributed by atoms with E-state index in [4.69, 9.17) is 9.47 Å². The zero-order valence-corrected chi connectivity index (χ0v) is 21.0. The van der Waals surface area contributed by atoms with Crippen molar-refractivity contribution in [3.05, 3.63) is 29.8 Å². The summed E-state index contributed by atoms with van der Waals surface area (Å²) in [6.45, 7) is 5.18. The highest BCUT2D eigenvalue weighted by molar-refractivity contribution is 5.82.